The van der Waals surface area contributed by atoms with Gasteiger partial charge in [0.25, 0.3) is 0 Å². The number of hydrogen-bond donors (Lipinski definition) is 0. The Morgan fingerprint density at radius 3 is 2.62 bits per heavy atom. The molecule has 1 aliphatic rings. The number of ketones is 1. The van der Waals surface area contributed by atoms with E-state index in [0.29, 0.717) is 11.3 Å². The van der Waals surface area contributed by atoms with Crippen molar-refractivity contribution in [2.24, 2.45) is 0 Å². The first-order valence-corrected chi connectivity index (χ1v) is 8.95. The third kappa shape index (κ3) is 4.52. The molecule has 4 nitrogen and oxygen atoms in total. The molecule has 2 aromatic rings. The average Bonchev–Trinajstić information content (AvgIpc) is 3.19. The molecule has 0 aliphatic carbocycles. The Hall–Kier alpha value is -2.59. The predicted molar refractivity (Wildman–Crippen MR) is 104 cm³/mol. The average molecular weight is 351 g/mol. The maximum atomic E-state index is 12.4. The zero-order chi connectivity index (χ0) is 18.4. The zero-order valence-corrected chi connectivity index (χ0v) is 15.4. The minimum Gasteiger partial charge on any atom is -0.497 e. The third-order valence-electron chi connectivity index (χ3n) is 4.68. The summed E-state index contributed by atoms with van der Waals surface area (Å²) in [7, 11) is 3.29. The van der Waals surface area contributed by atoms with Crippen molar-refractivity contribution >= 4 is 11.9 Å². The van der Waals surface area contributed by atoms with E-state index in [1.807, 2.05) is 30.3 Å². The van der Waals surface area contributed by atoms with Gasteiger partial charge >= 0.3 is 0 Å². The number of hydrogen-bond acceptors (Lipinski definition) is 4. The fraction of sp³-hybridized carbons (Fsp3) is 0.318. The van der Waals surface area contributed by atoms with Crippen LogP contribution in [0.2, 0.25) is 0 Å². The van der Waals surface area contributed by atoms with Gasteiger partial charge in [0.05, 0.1) is 14.2 Å². The van der Waals surface area contributed by atoms with Crippen molar-refractivity contribution in [2.45, 2.75) is 19.4 Å². The molecule has 0 N–H and O–H groups in total. The molecule has 136 valence electrons. The number of rotatable bonds is 7. The summed E-state index contributed by atoms with van der Waals surface area (Å²) in [4.78, 5) is 14.8. The maximum absolute atomic E-state index is 12.4. The molecule has 0 unspecified atom stereocenters. The Labute approximate surface area is 155 Å². The van der Waals surface area contributed by atoms with E-state index in [-0.39, 0.29) is 5.78 Å². The van der Waals surface area contributed by atoms with Crippen molar-refractivity contribution in [2.75, 3.05) is 27.3 Å². The number of methoxy groups -OCH3 is 2. The van der Waals surface area contributed by atoms with E-state index in [4.69, 9.17) is 9.47 Å². The minimum atomic E-state index is -0.0409. The first kappa shape index (κ1) is 18.2. The molecule has 1 heterocycles. The van der Waals surface area contributed by atoms with Gasteiger partial charge in [-0.25, -0.2) is 0 Å². The Bertz CT molecular complexity index is 792. The van der Waals surface area contributed by atoms with E-state index in [2.05, 4.69) is 11.0 Å². The van der Waals surface area contributed by atoms with E-state index in [1.165, 1.54) is 12.8 Å². The second-order valence-corrected chi connectivity index (χ2v) is 6.48. The second-order valence-electron chi connectivity index (χ2n) is 6.48. The standard InChI is InChI=1S/C22H25NO3/c1-25-20-7-5-6-18(15-20)21(24)10-8-17-9-11-22(26-2)19(14-17)16-23-12-3-4-13-23/h5-11,14-15H,3-4,12-13,16H2,1-2H3/b10-8+. The zero-order valence-electron chi connectivity index (χ0n) is 15.4. The van der Waals surface area contributed by atoms with Gasteiger partial charge in [0.15, 0.2) is 5.78 Å². The van der Waals surface area contributed by atoms with E-state index < -0.39 is 0 Å². The van der Waals surface area contributed by atoms with Crippen molar-refractivity contribution in [3.63, 3.8) is 0 Å². The molecule has 2 aromatic carbocycles. The van der Waals surface area contributed by atoms with Crippen LogP contribution in [0.4, 0.5) is 0 Å². The molecule has 0 bridgehead atoms. The molecule has 0 spiro atoms. The highest BCUT2D eigenvalue weighted by molar-refractivity contribution is 6.07. The quantitative estimate of drug-likeness (QED) is 0.554. The highest BCUT2D eigenvalue weighted by atomic mass is 16.5. The molecule has 1 fully saturated rings. The summed E-state index contributed by atoms with van der Waals surface area (Å²) in [5.41, 5.74) is 2.77. The van der Waals surface area contributed by atoms with Crippen molar-refractivity contribution in [1.82, 2.24) is 4.90 Å². The van der Waals surface area contributed by atoms with Gasteiger partial charge in [-0.2, -0.15) is 0 Å². The first-order chi connectivity index (χ1) is 12.7. The molecule has 0 aromatic heterocycles. The molecule has 0 atom stereocenters. The molecule has 1 saturated heterocycles. The Kier molecular flexibility index (Phi) is 6.08. The van der Waals surface area contributed by atoms with Gasteiger partial charge in [-0.05, 0) is 61.8 Å². The van der Waals surface area contributed by atoms with Crippen LogP contribution in [-0.2, 0) is 6.54 Å². The van der Waals surface area contributed by atoms with Crippen LogP contribution in [0.5, 0.6) is 11.5 Å². The van der Waals surface area contributed by atoms with E-state index in [9.17, 15) is 4.79 Å². The number of carbonyl (C=O) groups is 1. The van der Waals surface area contributed by atoms with Crippen molar-refractivity contribution < 1.29 is 14.3 Å². The molecular formula is C22H25NO3. The van der Waals surface area contributed by atoms with Gasteiger partial charge < -0.3 is 9.47 Å². The minimum absolute atomic E-state index is 0.0409. The van der Waals surface area contributed by atoms with E-state index >= 15 is 0 Å². The Morgan fingerprint density at radius 2 is 1.88 bits per heavy atom. The third-order valence-corrected chi connectivity index (χ3v) is 4.68. The van der Waals surface area contributed by atoms with Gasteiger partial charge in [-0.15, -0.1) is 0 Å². The number of likely N-dealkylation sites (tertiary alicyclic amines) is 1. The molecule has 0 amide bonds. The van der Waals surface area contributed by atoms with Gasteiger partial charge in [0.1, 0.15) is 11.5 Å². The molecule has 3 rings (SSSR count). The summed E-state index contributed by atoms with van der Waals surface area (Å²) in [6.07, 6.45) is 5.98. The first-order valence-electron chi connectivity index (χ1n) is 8.95. The SMILES string of the molecule is COc1cccc(C(=O)/C=C/c2ccc(OC)c(CN3CCCC3)c2)c1. The molecular weight excluding hydrogens is 326 g/mol. The molecule has 0 saturated carbocycles. The van der Waals surface area contributed by atoms with Gasteiger partial charge in [-0.1, -0.05) is 24.3 Å². The smallest absolute Gasteiger partial charge is 0.185 e. The highest BCUT2D eigenvalue weighted by Gasteiger charge is 2.14. The molecule has 4 heteroatoms. The fourth-order valence-electron chi connectivity index (χ4n) is 3.25. The topological polar surface area (TPSA) is 38.8 Å². The summed E-state index contributed by atoms with van der Waals surface area (Å²) in [6, 6.07) is 13.2. The van der Waals surface area contributed by atoms with Crippen LogP contribution >= 0.6 is 0 Å². The van der Waals surface area contributed by atoms with Gasteiger partial charge in [-0.3, -0.25) is 9.69 Å². The van der Waals surface area contributed by atoms with Gasteiger partial charge in [0.2, 0.25) is 0 Å². The number of benzene rings is 2. The number of ether oxygens (including phenoxy) is 2. The molecule has 1 aliphatic heterocycles. The lowest BCUT2D eigenvalue weighted by Gasteiger charge is -2.17. The van der Waals surface area contributed by atoms with Crippen LogP contribution in [0.1, 0.15) is 34.3 Å². The van der Waals surface area contributed by atoms with Crippen molar-refractivity contribution in [1.29, 1.82) is 0 Å². The van der Waals surface area contributed by atoms with Crippen molar-refractivity contribution in [3.8, 4) is 11.5 Å². The van der Waals surface area contributed by atoms with Crippen LogP contribution in [0, 0.1) is 0 Å². The van der Waals surface area contributed by atoms with Crippen LogP contribution in [0.3, 0.4) is 0 Å². The molecule has 0 radical (unpaired) electrons. The summed E-state index contributed by atoms with van der Waals surface area (Å²) < 4.78 is 10.7. The monoisotopic (exact) mass is 351 g/mol. The van der Waals surface area contributed by atoms with Crippen LogP contribution < -0.4 is 9.47 Å². The lowest BCUT2D eigenvalue weighted by Crippen LogP contribution is -2.18. The van der Waals surface area contributed by atoms with E-state index in [0.717, 1.165) is 36.5 Å². The largest absolute Gasteiger partial charge is 0.497 e. The van der Waals surface area contributed by atoms with Crippen LogP contribution in [-0.4, -0.2) is 38.0 Å². The summed E-state index contributed by atoms with van der Waals surface area (Å²) >= 11 is 0. The van der Waals surface area contributed by atoms with Crippen LogP contribution in [0.25, 0.3) is 6.08 Å². The lowest BCUT2D eigenvalue weighted by atomic mass is 10.1. The predicted octanol–water partition coefficient (Wildman–Crippen LogP) is 4.20. The second kappa shape index (κ2) is 8.68. The normalized spacial score (nSPS) is 14.7. The summed E-state index contributed by atoms with van der Waals surface area (Å²) in [6.45, 7) is 3.16. The summed E-state index contributed by atoms with van der Waals surface area (Å²) in [5, 5.41) is 0. The Balaban J connectivity index is 1.75. The lowest BCUT2D eigenvalue weighted by molar-refractivity contribution is 0.104. The van der Waals surface area contributed by atoms with Crippen LogP contribution in [0.15, 0.2) is 48.5 Å². The number of nitrogens with zero attached hydrogens (tertiary/aromatic N) is 1. The Morgan fingerprint density at radius 1 is 1.08 bits per heavy atom. The highest BCUT2D eigenvalue weighted by Crippen LogP contribution is 2.24. The molecule has 26 heavy (non-hydrogen) atoms. The fourth-order valence-corrected chi connectivity index (χ4v) is 3.25. The number of allylic oxidation sites excluding steroid dienone is 1. The van der Waals surface area contributed by atoms with Gasteiger partial charge in [0, 0.05) is 17.7 Å². The maximum Gasteiger partial charge on any atom is 0.185 e. The van der Waals surface area contributed by atoms with Crippen molar-refractivity contribution in [3.05, 3.63) is 65.2 Å². The number of carbonyl (C=O) groups excluding carboxylic acids is 1. The van der Waals surface area contributed by atoms with E-state index in [1.54, 1.807) is 32.4 Å². The summed E-state index contributed by atoms with van der Waals surface area (Å²) in [5.74, 6) is 1.54.